The minimum atomic E-state index is -1.21. The Morgan fingerprint density at radius 3 is 2.21 bits per heavy atom. The van der Waals surface area contributed by atoms with Gasteiger partial charge in [0.15, 0.2) is 0 Å². The molecular formula is C28H27O5-. The number of methoxy groups -OCH3 is 1. The van der Waals surface area contributed by atoms with Crippen molar-refractivity contribution in [2.75, 3.05) is 13.7 Å². The average Bonchev–Trinajstić information content (AvgIpc) is 2.84. The van der Waals surface area contributed by atoms with Crippen LogP contribution >= 0.6 is 0 Å². The van der Waals surface area contributed by atoms with Gasteiger partial charge in [0.05, 0.1) is 12.6 Å². The summed E-state index contributed by atoms with van der Waals surface area (Å²) in [6.07, 6.45) is 1.98. The number of carboxylic acids is 1. The molecule has 0 aromatic heterocycles. The number of benzene rings is 3. The van der Waals surface area contributed by atoms with Crippen molar-refractivity contribution in [3.8, 4) is 29.1 Å². The van der Waals surface area contributed by atoms with E-state index in [1.54, 1.807) is 0 Å². The molecule has 0 aliphatic rings. The number of carbonyl (C=O) groups is 1. The lowest BCUT2D eigenvalue weighted by molar-refractivity contribution is -0.315. The first-order valence-corrected chi connectivity index (χ1v) is 10.9. The van der Waals surface area contributed by atoms with Gasteiger partial charge in [-0.1, -0.05) is 42.2 Å². The number of rotatable bonds is 11. The van der Waals surface area contributed by atoms with Gasteiger partial charge in [-0.2, -0.15) is 0 Å². The molecule has 0 radical (unpaired) electrons. The first kappa shape index (κ1) is 23.9. The fourth-order valence-electron chi connectivity index (χ4n) is 3.10. The zero-order valence-electron chi connectivity index (χ0n) is 18.7. The Morgan fingerprint density at radius 2 is 1.55 bits per heavy atom. The minimum absolute atomic E-state index is 0.273. The normalized spacial score (nSPS) is 11.2. The van der Waals surface area contributed by atoms with Crippen LogP contribution in [0.2, 0.25) is 0 Å². The van der Waals surface area contributed by atoms with Crippen molar-refractivity contribution in [2.45, 2.75) is 31.8 Å². The van der Waals surface area contributed by atoms with Crippen molar-refractivity contribution in [3.63, 3.8) is 0 Å². The zero-order chi connectivity index (χ0) is 23.3. The monoisotopic (exact) mass is 443 g/mol. The number of carboxylic acid groups (broad SMARTS) is 1. The van der Waals surface area contributed by atoms with E-state index in [2.05, 4.69) is 11.8 Å². The van der Waals surface area contributed by atoms with Crippen molar-refractivity contribution in [3.05, 3.63) is 90.0 Å². The van der Waals surface area contributed by atoms with E-state index in [4.69, 9.17) is 14.2 Å². The van der Waals surface area contributed by atoms with E-state index in [-0.39, 0.29) is 6.42 Å². The Balaban J connectivity index is 1.33. The van der Waals surface area contributed by atoms with Crippen molar-refractivity contribution in [1.29, 1.82) is 0 Å². The minimum Gasteiger partial charge on any atom is -0.547 e. The first-order valence-electron chi connectivity index (χ1n) is 10.9. The van der Waals surface area contributed by atoms with Gasteiger partial charge in [-0.05, 0) is 66.9 Å². The molecule has 1 atom stereocenters. The second-order valence-electron chi connectivity index (χ2n) is 7.44. The van der Waals surface area contributed by atoms with Gasteiger partial charge in [0.1, 0.15) is 23.4 Å². The highest BCUT2D eigenvalue weighted by Gasteiger charge is 2.09. The van der Waals surface area contributed by atoms with Crippen molar-refractivity contribution >= 4 is 5.97 Å². The highest BCUT2D eigenvalue weighted by molar-refractivity contribution is 5.70. The summed E-state index contributed by atoms with van der Waals surface area (Å²) >= 11 is 0. The van der Waals surface area contributed by atoms with Crippen LogP contribution in [0, 0.1) is 11.8 Å². The standard InChI is InChI=1S/C28H28O5/c1-31-27(28(29)30)21-23-14-12-22(13-15-23)9-5-2-3-8-20-32-24-16-18-26(19-17-24)33-25-10-6-4-7-11-25/h4,6-7,10-19,27H,2-3,8,20-21H2,1H3,(H,29,30)/p-1/t27-/m0/s1. The number of ether oxygens (including phenoxy) is 3. The maximum atomic E-state index is 10.9. The molecule has 0 spiro atoms. The molecule has 0 bridgehead atoms. The summed E-state index contributed by atoms with van der Waals surface area (Å²) in [7, 11) is 1.36. The van der Waals surface area contributed by atoms with E-state index >= 15 is 0 Å². The van der Waals surface area contributed by atoms with Crippen molar-refractivity contribution in [1.82, 2.24) is 0 Å². The third kappa shape index (κ3) is 8.36. The van der Waals surface area contributed by atoms with Gasteiger partial charge in [0.25, 0.3) is 0 Å². The van der Waals surface area contributed by atoms with Gasteiger partial charge in [-0.3, -0.25) is 0 Å². The smallest absolute Gasteiger partial charge is 0.127 e. The topological polar surface area (TPSA) is 67.8 Å². The van der Waals surface area contributed by atoms with Gasteiger partial charge in [-0.25, -0.2) is 0 Å². The largest absolute Gasteiger partial charge is 0.547 e. The highest BCUT2D eigenvalue weighted by atomic mass is 16.5. The summed E-state index contributed by atoms with van der Waals surface area (Å²) in [5, 5.41) is 10.9. The lowest BCUT2D eigenvalue weighted by Gasteiger charge is -2.15. The Morgan fingerprint density at radius 1 is 0.879 bits per heavy atom. The fraction of sp³-hybridized carbons (Fsp3) is 0.250. The molecule has 0 unspecified atom stereocenters. The van der Waals surface area contributed by atoms with Crippen molar-refractivity contribution in [2.24, 2.45) is 0 Å². The Labute approximate surface area is 194 Å². The fourth-order valence-corrected chi connectivity index (χ4v) is 3.10. The van der Waals surface area contributed by atoms with Crippen LogP contribution in [-0.2, 0) is 16.0 Å². The van der Waals surface area contributed by atoms with Crippen LogP contribution in [0.5, 0.6) is 17.2 Å². The van der Waals surface area contributed by atoms with Gasteiger partial charge < -0.3 is 24.1 Å². The molecule has 170 valence electrons. The van der Waals surface area contributed by atoms with Crippen LogP contribution < -0.4 is 14.6 Å². The summed E-state index contributed by atoms with van der Waals surface area (Å²) in [5.74, 6) is 7.49. The van der Waals surface area contributed by atoms with Gasteiger partial charge in [0.2, 0.25) is 0 Å². The summed E-state index contributed by atoms with van der Waals surface area (Å²) < 4.78 is 16.5. The number of hydrogen-bond acceptors (Lipinski definition) is 5. The molecule has 0 heterocycles. The number of para-hydroxylation sites is 1. The lowest BCUT2D eigenvalue weighted by atomic mass is 10.1. The third-order valence-corrected chi connectivity index (χ3v) is 4.92. The SMILES string of the molecule is CO[C@@H](Cc1ccc(C#CCCCCOc2ccc(Oc3ccccc3)cc2)cc1)C(=O)[O-]. The van der Waals surface area contributed by atoms with Crippen molar-refractivity contribution < 1.29 is 24.1 Å². The number of unbranched alkanes of at least 4 members (excludes halogenated alkanes) is 2. The van der Waals surface area contributed by atoms with E-state index in [0.29, 0.717) is 6.61 Å². The molecular weight excluding hydrogens is 416 g/mol. The molecule has 5 nitrogen and oxygen atoms in total. The third-order valence-electron chi connectivity index (χ3n) is 4.92. The second kappa shape index (κ2) is 12.9. The van der Waals surface area contributed by atoms with E-state index < -0.39 is 12.1 Å². The first-order chi connectivity index (χ1) is 16.1. The predicted octanol–water partition coefficient (Wildman–Crippen LogP) is 4.39. The quantitative estimate of drug-likeness (QED) is 0.325. The van der Waals surface area contributed by atoms with Crippen LogP contribution in [0.3, 0.4) is 0 Å². The molecule has 0 aliphatic heterocycles. The molecule has 5 heteroatoms. The number of hydrogen-bond donors (Lipinski definition) is 0. The molecule has 0 N–H and O–H groups in total. The number of carbonyl (C=O) groups excluding carboxylic acids is 1. The Hall–Kier alpha value is -3.75. The maximum Gasteiger partial charge on any atom is 0.127 e. The van der Waals surface area contributed by atoms with Crippen LogP contribution in [0.15, 0.2) is 78.9 Å². The lowest BCUT2D eigenvalue weighted by Crippen LogP contribution is -2.38. The van der Waals surface area contributed by atoms with Crippen LogP contribution in [-0.4, -0.2) is 25.8 Å². The summed E-state index contributed by atoms with van der Waals surface area (Å²) in [4.78, 5) is 10.9. The molecule has 3 aromatic rings. The molecule has 33 heavy (non-hydrogen) atoms. The Kier molecular flexibility index (Phi) is 9.38. The van der Waals surface area contributed by atoms with E-state index in [0.717, 1.165) is 47.6 Å². The zero-order valence-corrected chi connectivity index (χ0v) is 18.7. The van der Waals surface area contributed by atoms with Gasteiger partial charge in [0, 0.05) is 25.5 Å². The maximum absolute atomic E-state index is 10.9. The summed E-state index contributed by atoms with van der Waals surface area (Å²) in [5.41, 5.74) is 1.77. The molecule has 0 aliphatic carbocycles. The van der Waals surface area contributed by atoms with E-state index in [1.165, 1.54) is 7.11 Å². The molecule has 3 aromatic carbocycles. The molecule has 0 saturated heterocycles. The second-order valence-corrected chi connectivity index (χ2v) is 7.44. The van der Waals surface area contributed by atoms with Crippen LogP contribution in [0.4, 0.5) is 0 Å². The summed E-state index contributed by atoms with van der Waals surface area (Å²) in [6.45, 7) is 0.633. The number of aliphatic carboxylic acids is 1. The highest BCUT2D eigenvalue weighted by Crippen LogP contribution is 2.23. The van der Waals surface area contributed by atoms with Gasteiger partial charge in [-0.15, -0.1) is 0 Å². The van der Waals surface area contributed by atoms with E-state index in [9.17, 15) is 9.90 Å². The molecule has 0 saturated carbocycles. The molecule has 0 fully saturated rings. The molecule has 0 amide bonds. The Bertz CT molecular complexity index is 1050. The van der Waals surface area contributed by atoms with Crippen LogP contribution in [0.25, 0.3) is 0 Å². The van der Waals surface area contributed by atoms with E-state index in [1.807, 2.05) is 78.9 Å². The average molecular weight is 444 g/mol. The summed E-state index contributed by atoms with van der Waals surface area (Å²) in [6, 6.07) is 24.8. The van der Waals surface area contributed by atoms with Crippen LogP contribution in [0.1, 0.15) is 30.4 Å². The van der Waals surface area contributed by atoms with Gasteiger partial charge >= 0.3 is 0 Å². The molecule has 3 rings (SSSR count). The predicted molar refractivity (Wildman–Crippen MR) is 125 cm³/mol.